The molecule has 2 aromatic heterocycles. The summed E-state index contributed by atoms with van der Waals surface area (Å²) in [6.07, 6.45) is 2.68. The average molecular weight is 468 g/mol. The number of nitriles is 1. The smallest absolute Gasteiger partial charge is 0.269 e. The number of amides is 1. The average Bonchev–Trinajstić information content (AvgIpc) is 3.13. The SMILES string of the molecule is N#C/C(=C\c1c(Oc2ccccc2F)nc2ccccn2c1=O)C(=O)NC1CCS(=O)(=O)C1. The second-order valence-electron chi connectivity index (χ2n) is 7.34. The minimum Gasteiger partial charge on any atom is -0.435 e. The summed E-state index contributed by atoms with van der Waals surface area (Å²) in [6, 6.07) is 11.4. The van der Waals surface area contributed by atoms with Crippen LogP contribution in [0.15, 0.2) is 59.0 Å². The van der Waals surface area contributed by atoms with Crippen LogP contribution in [0.25, 0.3) is 11.7 Å². The molecule has 33 heavy (non-hydrogen) atoms. The Morgan fingerprint density at radius 2 is 2.03 bits per heavy atom. The van der Waals surface area contributed by atoms with E-state index < -0.39 is 38.7 Å². The number of hydrogen-bond donors (Lipinski definition) is 1. The first-order chi connectivity index (χ1) is 15.8. The highest BCUT2D eigenvalue weighted by Gasteiger charge is 2.30. The molecule has 0 aliphatic carbocycles. The van der Waals surface area contributed by atoms with Gasteiger partial charge in [0.25, 0.3) is 11.5 Å². The van der Waals surface area contributed by atoms with Crippen LogP contribution in [-0.2, 0) is 14.6 Å². The number of halogens is 1. The fraction of sp³-hybridized carbons (Fsp3) is 0.182. The summed E-state index contributed by atoms with van der Waals surface area (Å²) >= 11 is 0. The summed E-state index contributed by atoms with van der Waals surface area (Å²) in [5, 5.41) is 12.0. The molecule has 3 aromatic rings. The predicted molar refractivity (Wildman–Crippen MR) is 117 cm³/mol. The molecule has 4 rings (SSSR count). The van der Waals surface area contributed by atoms with E-state index in [1.807, 2.05) is 0 Å². The van der Waals surface area contributed by atoms with E-state index in [1.54, 1.807) is 24.3 Å². The molecule has 3 heterocycles. The molecule has 1 aliphatic rings. The maximum Gasteiger partial charge on any atom is 0.269 e. The maximum atomic E-state index is 14.2. The van der Waals surface area contributed by atoms with Crippen molar-refractivity contribution in [2.45, 2.75) is 12.5 Å². The van der Waals surface area contributed by atoms with Crippen molar-refractivity contribution < 1.29 is 22.3 Å². The topological polar surface area (TPSA) is 131 Å². The van der Waals surface area contributed by atoms with Crippen LogP contribution in [0.5, 0.6) is 11.6 Å². The van der Waals surface area contributed by atoms with Crippen molar-refractivity contribution >= 4 is 27.5 Å². The van der Waals surface area contributed by atoms with E-state index >= 15 is 0 Å². The maximum absolute atomic E-state index is 14.2. The van der Waals surface area contributed by atoms with Gasteiger partial charge in [-0.05, 0) is 36.8 Å². The van der Waals surface area contributed by atoms with Crippen molar-refractivity contribution in [3.8, 4) is 17.7 Å². The molecule has 0 radical (unpaired) electrons. The van der Waals surface area contributed by atoms with Gasteiger partial charge in [0.1, 0.15) is 22.9 Å². The molecular formula is C22H17FN4O5S. The first-order valence-corrected chi connectivity index (χ1v) is 11.7. The van der Waals surface area contributed by atoms with E-state index in [-0.39, 0.29) is 40.8 Å². The lowest BCUT2D eigenvalue weighted by molar-refractivity contribution is -0.117. The van der Waals surface area contributed by atoms with Crippen LogP contribution in [0.1, 0.15) is 12.0 Å². The largest absolute Gasteiger partial charge is 0.435 e. The normalized spacial score (nSPS) is 17.5. The number of nitrogens with one attached hydrogen (secondary N) is 1. The van der Waals surface area contributed by atoms with Gasteiger partial charge in [-0.2, -0.15) is 10.2 Å². The van der Waals surface area contributed by atoms with Crippen molar-refractivity contribution in [2.75, 3.05) is 11.5 Å². The van der Waals surface area contributed by atoms with Gasteiger partial charge in [-0.25, -0.2) is 12.8 Å². The third-order valence-electron chi connectivity index (χ3n) is 5.00. The number of carbonyl (C=O) groups excluding carboxylic acids is 1. The Morgan fingerprint density at radius 1 is 1.27 bits per heavy atom. The number of rotatable bonds is 5. The quantitative estimate of drug-likeness (QED) is 0.447. The van der Waals surface area contributed by atoms with E-state index in [4.69, 9.17) is 4.74 Å². The van der Waals surface area contributed by atoms with E-state index in [2.05, 4.69) is 10.3 Å². The third-order valence-corrected chi connectivity index (χ3v) is 6.77. The van der Waals surface area contributed by atoms with Gasteiger partial charge in [0.15, 0.2) is 21.4 Å². The van der Waals surface area contributed by atoms with Crippen molar-refractivity contribution in [3.05, 3.63) is 76.0 Å². The Hall–Kier alpha value is -4.04. The number of para-hydroxylation sites is 1. The zero-order valence-corrected chi connectivity index (χ0v) is 17.9. The monoisotopic (exact) mass is 468 g/mol. The van der Waals surface area contributed by atoms with Crippen LogP contribution in [0.4, 0.5) is 4.39 Å². The minimum atomic E-state index is -3.24. The van der Waals surface area contributed by atoms with Crippen LogP contribution in [0.3, 0.4) is 0 Å². The number of carbonyl (C=O) groups is 1. The number of hydrogen-bond acceptors (Lipinski definition) is 7. The second kappa shape index (κ2) is 8.84. The Kier molecular flexibility index (Phi) is 5.93. The third kappa shape index (κ3) is 4.75. The van der Waals surface area contributed by atoms with Crippen LogP contribution < -0.4 is 15.6 Å². The summed E-state index contributed by atoms with van der Waals surface area (Å²) in [6.45, 7) is 0. The standard InChI is InChI=1S/C22H17FN4O5S/c23-17-5-1-2-6-18(17)32-21-16(22(29)27-9-4-3-7-19(27)26-21)11-14(12-24)20(28)25-15-8-10-33(30,31)13-15/h1-7,9,11,15H,8,10,13H2,(H,25,28)/b14-11+. The molecule has 11 heteroatoms. The van der Waals surface area contributed by atoms with Crippen molar-refractivity contribution in [1.29, 1.82) is 5.26 Å². The first kappa shape index (κ1) is 22.2. The van der Waals surface area contributed by atoms with Crippen LogP contribution >= 0.6 is 0 Å². The molecule has 1 atom stereocenters. The van der Waals surface area contributed by atoms with Gasteiger partial charge >= 0.3 is 0 Å². The predicted octanol–water partition coefficient (Wildman–Crippen LogP) is 1.84. The molecule has 1 aromatic carbocycles. The first-order valence-electron chi connectivity index (χ1n) is 9.84. The van der Waals surface area contributed by atoms with Crippen LogP contribution in [0, 0.1) is 17.1 Å². The fourth-order valence-corrected chi connectivity index (χ4v) is 5.05. The van der Waals surface area contributed by atoms with Gasteiger partial charge < -0.3 is 10.1 Å². The molecule has 1 saturated heterocycles. The molecule has 0 saturated carbocycles. The van der Waals surface area contributed by atoms with Crippen molar-refractivity contribution in [3.63, 3.8) is 0 Å². The Bertz CT molecular complexity index is 1490. The summed E-state index contributed by atoms with van der Waals surface area (Å²) in [4.78, 5) is 30.0. The van der Waals surface area contributed by atoms with Crippen LogP contribution in [-0.4, -0.2) is 41.3 Å². The van der Waals surface area contributed by atoms with Gasteiger partial charge in [-0.3, -0.25) is 14.0 Å². The molecule has 1 aliphatic heterocycles. The minimum absolute atomic E-state index is 0.0554. The van der Waals surface area contributed by atoms with Gasteiger partial charge in [0.05, 0.1) is 11.5 Å². The lowest BCUT2D eigenvalue weighted by Crippen LogP contribution is -2.36. The number of aromatic nitrogens is 2. The zero-order chi connectivity index (χ0) is 23.6. The molecule has 0 bridgehead atoms. The van der Waals surface area contributed by atoms with E-state index in [1.165, 1.54) is 34.9 Å². The van der Waals surface area contributed by atoms with Gasteiger partial charge in [-0.15, -0.1) is 0 Å². The fourth-order valence-electron chi connectivity index (χ4n) is 3.38. The van der Waals surface area contributed by atoms with E-state index in [0.717, 1.165) is 6.08 Å². The highest BCUT2D eigenvalue weighted by atomic mass is 32.2. The number of sulfone groups is 1. The zero-order valence-electron chi connectivity index (χ0n) is 17.1. The lowest BCUT2D eigenvalue weighted by atomic mass is 10.1. The second-order valence-corrected chi connectivity index (χ2v) is 9.57. The number of fused-ring (bicyclic) bond motifs is 1. The summed E-state index contributed by atoms with van der Waals surface area (Å²) in [5.74, 6) is -2.30. The summed E-state index contributed by atoms with van der Waals surface area (Å²) in [7, 11) is -3.24. The highest BCUT2D eigenvalue weighted by molar-refractivity contribution is 7.91. The van der Waals surface area contributed by atoms with Gasteiger partial charge in [0, 0.05) is 12.2 Å². The molecule has 0 spiro atoms. The Balaban J connectivity index is 1.77. The highest BCUT2D eigenvalue weighted by Crippen LogP contribution is 2.26. The summed E-state index contributed by atoms with van der Waals surface area (Å²) < 4.78 is 44.2. The molecule has 9 nitrogen and oxygen atoms in total. The Labute approximate surface area is 187 Å². The number of nitrogens with zero attached hydrogens (tertiary/aromatic N) is 3. The van der Waals surface area contributed by atoms with Crippen LogP contribution in [0.2, 0.25) is 0 Å². The number of ether oxygens (including phenoxy) is 1. The lowest BCUT2D eigenvalue weighted by Gasteiger charge is -2.12. The van der Waals surface area contributed by atoms with Crippen molar-refractivity contribution in [2.24, 2.45) is 0 Å². The summed E-state index contributed by atoms with van der Waals surface area (Å²) in [5.41, 5.74) is -1.12. The molecular weight excluding hydrogens is 451 g/mol. The van der Waals surface area contributed by atoms with E-state index in [9.17, 15) is 27.7 Å². The van der Waals surface area contributed by atoms with E-state index in [0.29, 0.717) is 0 Å². The number of benzene rings is 1. The molecule has 1 N–H and O–H groups in total. The van der Waals surface area contributed by atoms with Gasteiger partial charge in [0.2, 0.25) is 5.88 Å². The molecule has 168 valence electrons. The Morgan fingerprint density at radius 3 is 2.73 bits per heavy atom. The molecule has 1 amide bonds. The number of pyridine rings is 1. The van der Waals surface area contributed by atoms with Gasteiger partial charge in [-0.1, -0.05) is 18.2 Å². The molecule has 1 fully saturated rings. The van der Waals surface area contributed by atoms with Crippen molar-refractivity contribution in [1.82, 2.24) is 14.7 Å². The molecule has 1 unspecified atom stereocenters.